The third kappa shape index (κ3) is 3.40. The van der Waals surface area contributed by atoms with Gasteiger partial charge >= 0.3 is 0 Å². The van der Waals surface area contributed by atoms with Crippen LogP contribution in [-0.4, -0.2) is 25.7 Å². The number of carbonyl (C=O) groups is 1. The number of carbonyl (C=O) groups excluding carboxylic acids is 1. The molecule has 88 valence electrons. The molecule has 0 saturated carbocycles. The van der Waals surface area contributed by atoms with Crippen molar-refractivity contribution in [3.63, 3.8) is 0 Å². The minimum absolute atomic E-state index is 0.236. The number of nitrogens with one attached hydrogen (secondary N) is 1. The summed E-state index contributed by atoms with van der Waals surface area (Å²) < 4.78 is 5.10. The van der Waals surface area contributed by atoms with Crippen molar-refractivity contribution < 1.29 is 9.53 Å². The highest BCUT2D eigenvalue weighted by Crippen LogP contribution is 2.21. The van der Waals surface area contributed by atoms with Gasteiger partial charge in [0.25, 0.3) is 5.91 Å². The summed E-state index contributed by atoms with van der Waals surface area (Å²) in [7, 11) is 0. The number of amides is 1. The van der Waals surface area contributed by atoms with Gasteiger partial charge in [-0.2, -0.15) is 0 Å². The summed E-state index contributed by atoms with van der Waals surface area (Å²) in [5.74, 6) is -0.236. The fourth-order valence-corrected chi connectivity index (χ4v) is 1.39. The number of ether oxygens (including phenoxy) is 1. The van der Waals surface area contributed by atoms with Gasteiger partial charge < -0.3 is 15.8 Å². The zero-order chi connectivity index (χ0) is 12.0. The summed E-state index contributed by atoms with van der Waals surface area (Å²) >= 11 is 5.81. The largest absolute Gasteiger partial charge is 0.397 e. The average Bonchev–Trinajstić information content (AvgIpc) is 2.28. The lowest BCUT2D eigenvalue weighted by atomic mass is 10.1. The first-order valence-electron chi connectivity index (χ1n) is 5.06. The van der Waals surface area contributed by atoms with Crippen LogP contribution in [0.2, 0.25) is 5.02 Å². The Labute approximate surface area is 99.7 Å². The number of halogens is 1. The van der Waals surface area contributed by atoms with E-state index in [0.29, 0.717) is 36.0 Å². The van der Waals surface area contributed by atoms with Gasteiger partial charge in [0.2, 0.25) is 0 Å². The second-order valence-corrected chi connectivity index (χ2v) is 3.56. The molecule has 0 bridgehead atoms. The Morgan fingerprint density at radius 3 is 3.00 bits per heavy atom. The molecule has 0 aliphatic rings. The maximum absolute atomic E-state index is 11.7. The number of hydrogen-bond acceptors (Lipinski definition) is 3. The van der Waals surface area contributed by atoms with Gasteiger partial charge in [0.05, 0.1) is 22.9 Å². The van der Waals surface area contributed by atoms with E-state index in [2.05, 4.69) is 5.32 Å². The third-order valence-corrected chi connectivity index (χ3v) is 2.36. The minimum Gasteiger partial charge on any atom is -0.397 e. The Kier molecular flexibility index (Phi) is 5.08. The van der Waals surface area contributed by atoms with E-state index in [-0.39, 0.29) is 5.91 Å². The summed E-state index contributed by atoms with van der Waals surface area (Å²) in [6, 6.07) is 4.97. The number of nitrogens with two attached hydrogens (primary N) is 1. The van der Waals surface area contributed by atoms with Crippen molar-refractivity contribution in [3.8, 4) is 0 Å². The summed E-state index contributed by atoms with van der Waals surface area (Å²) in [5.41, 5.74) is 6.39. The molecule has 5 heteroatoms. The van der Waals surface area contributed by atoms with Crippen LogP contribution in [0.3, 0.4) is 0 Å². The highest BCUT2D eigenvalue weighted by molar-refractivity contribution is 6.33. The van der Waals surface area contributed by atoms with Gasteiger partial charge in [-0.05, 0) is 19.1 Å². The van der Waals surface area contributed by atoms with Crippen molar-refractivity contribution in [2.24, 2.45) is 0 Å². The van der Waals surface area contributed by atoms with E-state index in [4.69, 9.17) is 22.1 Å². The van der Waals surface area contributed by atoms with Gasteiger partial charge in [0, 0.05) is 13.2 Å². The standard InChI is InChI=1S/C11H15ClN2O2/c1-2-16-7-6-14-11(15)8-4-3-5-9(12)10(8)13/h3-5H,2,6-7,13H2,1H3,(H,14,15). The molecular weight excluding hydrogens is 228 g/mol. The molecule has 1 aromatic carbocycles. The molecule has 0 radical (unpaired) electrons. The van der Waals surface area contributed by atoms with Gasteiger partial charge in [0.15, 0.2) is 0 Å². The Balaban J connectivity index is 2.56. The predicted molar refractivity (Wildman–Crippen MR) is 64.7 cm³/mol. The molecule has 0 heterocycles. The first-order valence-corrected chi connectivity index (χ1v) is 5.44. The van der Waals surface area contributed by atoms with Crippen LogP contribution in [0.15, 0.2) is 18.2 Å². The Morgan fingerprint density at radius 2 is 2.31 bits per heavy atom. The predicted octanol–water partition coefficient (Wildman–Crippen LogP) is 1.69. The molecule has 1 amide bonds. The third-order valence-electron chi connectivity index (χ3n) is 2.03. The van der Waals surface area contributed by atoms with Crippen LogP contribution in [0.1, 0.15) is 17.3 Å². The Morgan fingerprint density at radius 1 is 1.56 bits per heavy atom. The molecule has 1 rings (SSSR count). The molecule has 0 aliphatic heterocycles. The lowest BCUT2D eigenvalue weighted by molar-refractivity contribution is 0.0923. The van der Waals surface area contributed by atoms with Gasteiger partial charge in [-0.3, -0.25) is 4.79 Å². The van der Waals surface area contributed by atoms with Gasteiger partial charge in [-0.1, -0.05) is 17.7 Å². The van der Waals surface area contributed by atoms with Crippen LogP contribution in [0.4, 0.5) is 5.69 Å². The quantitative estimate of drug-likeness (QED) is 0.610. The topological polar surface area (TPSA) is 64.3 Å². The molecule has 0 unspecified atom stereocenters. The van der Waals surface area contributed by atoms with Crippen LogP contribution in [0.5, 0.6) is 0 Å². The fraction of sp³-hybridized carbons (Fsp3) is 0.364. The molecule has 0 spiro atoms. The van der Waals surface area contributed by atoms with E-state index in [0.717, 1.165) is 0 Å². The Hall–Kier alpha value is -1.26. The van der Waals surface area contributed by atoms with Crippen LogP contribution >= 0.6 is 11.6 Å². The van der Waals surface area contributed by atoms with Crippen molar-refractivity contribution >= 4 is 23.2 Å². The summed E-state index contributed by atoms with van der Waals surface area (Å²) in [4.78, 5) is 11.7. The number of benzene rings is 1. The monoisotopic (exact) mass is 242 g/mol. The van der Waals surface area contributed by atoms with Gasteiger partial charge in [-0.25, -0.2) is 0 Å². The zero-order valence-electron chi connectivity index (χ0n) is 9.13. The molecule has 0 aromatic heterocycles. The highest BCUT2D eigenvalue weighted by atomic mass is 35.5. The van der Waals surface area contributed by atoms with E-state index in [1.165, 1.54) is 0 Å². The molecule has 1 aromatic rings. The minimum atomic E-state index is -0.236. The van der Waals surface area contributed by atoms with Crippen LogP contribution in [-0.2, 0) is 4.74 Å². The normalized spacial score (nSPS) is 10.1. The first-order chi connectivity index (χ1) is 7.66. The van der Waals surface area contributed by atoms with Crippen LogP contribution in [0, 0.1) is 0 Å². The van der Waals surface area contributed by atoms with E-state index in [1.807, 2.05) is 6.92 Å². The number of anilines is 1. The summed E-state index contributed by atoms with van der Waals surface area (Å²) in [5, 5.41) is 3.09. The molecule has 0 aliphatic carbocycles. The van der Waals surface area contributed by atoms with Crippen LogP contribution in [0.25, 0.3) is 0 Å². The summed E-state index contributed by atoms with van der Waals surface area (Å²) in [6.07, 6.45) is 0. The second-order valence-electron chi connectivity index (χ2n) is 3.15. The zero-order valence-corrected chi connectivity index (χ0v) is 9.88. The van der Waals surface area contributed by atoms with Crippen molar-refractivity contribution in [2.45, 2.75) is 6.92 Å². The lowest BCUT2D eigenvalue weighted by Gasteiger charge is -2.08. The lowest BCUT2D eigenvalue weighted by Crippen LogP contribution is -2.28. The fourth-order valence-electron chi connectivity index (χ4n) is 1.21. The summed E-state index contributed by atoms with van der Waals surface area (Å²) in [6.45, 7) is 3.48. The van der Waals surface area contributed by atoms with E-state index >= 15 is 0 Å². The average molecular weight is 243 g/mol. The van der Waals surface area contributed by atoms with Gasteiger partial charge in [-0.15, -0.1) is 0 Å². The molecular formula is C11H15ClN2O2. The number of nitrogen functional groups attached to an aromatic ring is 1. The van der Waals surface area contributed by atoms with Crippen molar-refractivity contribution in [1.29, 1.82) is 0 Å². The number of hydrogen-bond donors (Lipinski definition) is 2. The van der Waals surface area contributed by atoms with E-state index in [1.54, 1.807) is 18.2 Å². The maximum Gasteiger partial charge on any atom is 0.253 e. The first kappa shape index (κ1) is 12.8. The van der Waals surface area contributed by atoms with Gasteiger partial charge in [0.1, 0.15) is 0 Å². The highest BCUT2D eigenvalue weighted by Gasteiger charge is 2.10. The molecule has 16 heavy (non-hydrogen) atoms. The molecule has 0 atom stereocenters. The van der Waals surface area contributed by atoms with Crippen molar-refractivity contribution in [3.05, 3.63) is 28.8 Å². The number of rotatable bonds is 5. The van der Waals surface area contributed by atoms with Crippen molar-refractivity contribution in [2.75, 3.05) is 25.5 Å². The second kappa shape index (κ2) is 6.35. The smallest absolute Gasteiger partial charge is 0.253 e. The van der Waals surface area contributed by atoms with Crippen LogP contribution < -0.4 is 11.1 Å². The van der Waals surface area contributed by atoms with E-state index < -0.39 is 0 Å². The maximum atomic E-state index is 11.7. The molecule has 3 N–H and O–H groups in total. The SMILES string of the molecule is CCOCCNC(=O)c1cccc(Cl)c1N. The van der Waals surface area contributed by atoms with Crippen molar-refractivity contribution in [1.82, 2.24) is 5.32 Å². The molecule has 0 fully saturated rings. The Bertz CT molecular complexity index is 369. The molecule has 0 saturated heterocycles. The van der Waals surface area contributed by atoms with E-state index in [9.17, 15) is 4.79 Å². The number of para-hydroxylation sites is 1. The molecule has 4 nitrogen and oxygen atoms in total.